The molecule has 0 fully saturated rings. The molecular formula is C10H22O4Si. The largest absolute Gasteiger partial charge is 0.500 e. The van der Waals surface area contributed by atoms with Crippen molar-refractivity contribution in [2.24, 2.45) is 0 Å². The predicted molar refractivity (Wildman–Crippen MR) is 62.8 cm³/mol. The Morgan fingerprint density at radius 1 is 1.13 bits per heavy atom. The molecule has 0 heterocycles. The molecule has 0 saturated carbocycles. The summed E-state index contributed by atoms with van der Waals surface area (Å²) in [5.41, 5.74) is 0. The summed E-state index contributed by atoms with van der Waals surface area (Å²) >= 11 is 0. The minimum atomic E-state index is -2.22. The summed E-state index contributed by atoms with van der Waals surface area (Å²) in [6.07, 6.45) is 4.91. The van der Waals surface area contributed by atoms with Crippen molar-refractivity contribution in [3.63, 3.8) is 0 Å². The molecule has 0 atom stereocenters. The number of aldehydes is 1. The zero-order chi connectivity index (χ0) is 12.2. The van der Waals surface area contributed by atoms with Crippen molar-refractivity contribution in [3.8, 4) is 0 Å². The molecule has 5 heteroatoms. The van der Waals surface area contributed by atoms with E-state index in [0.29, 0.717) is 0 Å². The van der Waals surface area contributed by atoms with Crippen molar-refractivity contribution in [1.29, 1.82) is 0 Å². The van der Waals surface area contributed by atoms with Crippen molar-refractivity contribution < 1.29 is 18.1 Å². The molecular weight excluding hydrogens is 212 g/mol. The molecule has 0 N–H and O–H groups in total. The van der Waals surface area contributed by atoms with Gasteiger partial charge in [0, 0.05) is 27.4 Å². The van der Waals surface area contributed by atoms with Crippen LogP contribution in [-0.2, 0) is 18.1 Å². The first-order chi connectivity index (χ1) is 7.16. The first-order valence-electron chi connectivity index (χ1n) is 4.88. The van der Waals surface area contributed by atoms with Crippen molar-refractivity contribution in [3.05, 3.63) is 12.2 Å². The molecule has 0 unspecified atom stereocenters. The predicted octanol–water partition coefficient (Wildman–Crippen LogP) is 2.04. The van der Waals surface area contributed by atoms with Crippen molar-refractivity contribution in [2.75, 3.05) is 21.3 Å². The fraction of sp³-hybridized carbons (Fsp3) is 0.700. The van der Waals surface area contributed by atoms with Gasteiger partial charge in [0.2, 0.25) is 0 Å². The Morgan fingerprint density at radius 3 is 1.67 bits per heavy atom. The minimum Gasteiger partial charge on any atom is -0.377 e. The smallest absolute Gasteiger partial charge is 0.377 e. The van der Waals surface area contributed by atoms with E-state index in [2.05, 4.69) is 6.92 Å². The molecule has 15 heavy (non-hydrogen) atoms. The lowest BCUT2D eigenvalue weighted by molar-refractivity contribution is -0.104. The summed E-state index contributed by atoms with van der Waals surface area (Å²) in [5, 5.41) is 0. The topological polar surface area (TPSA) is 44.8 Å². The van der Waals surface area contributed by atoms with Gasteiger partial charge in [0.1, 0.15) is 6.29 Å². The number of allylic oxidation sites excluding steroid dienone is 2. The highest BCUT2D eigenvalue weighted by atomic mass is 28.4. The van der Waals surface area contributed by atoms with Crippen molar-refractivity contribution in [1.82, 2.24) is 0 Å². The number of hydrogen-bond acceptors (Lipinski definition) is 4. The van der Waals surface area contributed by atoms with E-state index in [1.165, 1.54) is 6.08 Å². The Balaban J connectivity index is 0. The molecule has 0 spiro atoms. The summed E-state index contributed by atoms with van der Waals surface area (Å²) in [4.78, 5) is 9.32. The lowest BCUT2D eigenvalue weighted by Crippen LogP contribution is -2.42. The van der Waals surface area contributed by atoms with Gasteiger partial charge in [-0.05, 0) is 13.0 Å². The molecule has 0 aromatic rings. The molecule has 0 aromatic heterocycles. The number of rotatable bonds is 6. The molecule has 0 amide bonds. The van der Waals surface area contributed by atoms with Crippen LogP contribution in [0, 0.1) is 0 Å². The van der Waals surface area contributed by atoms with Crippen LogP contribution in [0.3, 0.4) is 0 Å². The summed E-state index contributed by atoms with van der Waals surface area (Å²) in [6, 6.07) is 0.885. The fourth-order valence-electron chi connectivity index (χ4n) is 0.941. The third-order valence-electron chi connectivity index (χ3n) is 1.76. The molecule has 0 bridgehead atoms. The van der Waals surface area contributed by atoms with E-state index in [4.69, 9.17) is 13.3 Å². The summed E-state index contributed by atoms with van der Waals surface area (Å²) in [5.74, 6) is 0. The maximum absolute atomic E-state index is 9.32. The lowest BCUT2D eigenvalue weighted by Gasteiger charge is -2.23. The van der Waals surface area contributed by atoms with Gasteiger partial charge in [0.25, 0.3) is 0 Å². The van der Waals surface area contributed by atoms with Crippen LogP contribution in [0.2, 0.25) is 6.04 Å². The van der Waals surface area contributed by atoms with Gasteiger partial charge in [-0.25, -0.2) is 0 Å². The van der Waals surface area contributed by atoms with Gasteiger partial charge in [0.15, 0.2) is 0 Å². The van der Waals surface area contributed by atoms with Crippen LogP contribution in [0.1, 0.15) is 20.3 Å². The van der Waals surface area contributed by atoms with E-state index in [-0.39, 0.29) is 0 Å². The van der Waals surface area contributed by atoms with Gasteiger partial charge < -0.3 is 13.3 Å². The Morgan fingerprint density at radius 2 is 1.60 bits per heavy atom. The van der Waals surface area contributed by atoms with Gasteiger partial charge in [0.05, 0.1) is 0 Å². The monoisotopic (exact) mass is 234 g/mol. The SMILES string of the molecule is CC=CC=O.CCC[Si](OC)(OC)OC. The highest BCUT2D eigenvalue weighted by Gasteiger charge is 2.36. The standard InChI is InChI=1S/C6H16O3Si.C4H6O/c1-5-6-10(7-2,8-3)9-4;1-2-3-4-5/h5-6H2,1-4H3;2-4H,1H3. The van der Waals surface area contributed by atoms with Crippen LogP contribution in [0.25, 0.3) is 0 Å². The molecule has 0 aliphatic carbocycles. The van der Waals surface area contributed by atoms with Gasteiger partial charge >= 0.3 is 8.80 Å². The second-order valence-electron chi connectivity index (χ2n) is 2.71. The lowest BCUT2D eigenvalue weighted by atomic mass is 10.6. The molecule has 0 rings (SSSR count). The summed E-state index contributed by atoms with van der Waals surface area (Å²) in [6.45, 7) is 3.88. The van der Waals surface area contributed by atoms with E-state index >= 15 is 0 Å². The Labute approximate surface area is 93.6 Å². The maximum Gasteiger partial charge on any atom is 0.500 e. The Bertz CT molecular complexity index is 159. The van der Waals surface area contributed by atoms with Crippen LogP contribution >= 0.6 is 0 Å². The van der Waals surface area contributed by atoms with Gasteiger partial charge in [-0.1, -0.05) is 19.4 Å². The summed E-state index contributed by atoms with van der Waals surface area (Å²) < 4.78 is 15.5. The highest BCUT2D eigenvalue weighted by molar-refractivity contribution is 6.60. The second-order valence-corrected chi connectivity index (χ2v) is 5.80. The third kappa shape index (κ3) is 8.50. The van der Waals surface area contributed by atoms with Crippen LogP contribution in [0.4, 0.5) is 0 Å². The van der Waals surface area contributed by atoms with Gasteiger partial charge in [-0.3, -0.25) is 4.79 Å². The normalized spacial score (nSPS) is 11.0. The molecule has 4 nitrogen and oxygen atoms in total. The van der Waals surface area contributed by atoms with E-state index in [0.717, 1.165) is 18.8 Å². The number of carbonyl (C=O) groups excluding carboxylic acids is 1. The molecule has 0 aliphatic rings. The van der Waals surface area contributed by atoms with Crippen LogP contribution < -0.4 is 0 Å². The van der Waals surface area contributed by atoms with Gasteiger partial charge in [-0.15, -0.1) is 0 Å². The fourth-order valence-corrected chi connectivity index (χ4v) is 2.67. The molecule has 90 valence electrons. The Kier molecular flexibility index (Phi) is 13.1. The molecule has 0 saturated heterocycles. The van der Waals surface area contributed by atoms with E-state index in [1.807, 2.05) is 0 Å². The third-order valence-corrected chi connectivity index (χ3v) is 4.74. The van der Waals surface area contributed by atoms with Crippen molar-refractivity contribution in [2.45, 2.75) is 26.3 Å². The van der Waals surface area contributed by atoms with E-state index in [9.17, 15) is 4.79 Å². The first-order valence-corrected chi connectivity index (χ1v) is 6.81. The zero-order valence-corrected chi connectivity index (χ0v) is 11.3. The van der Waals surface area contributed by atoms with Crippen LogP contribution in [0.15, 0.2) is 12.2 Å². The van der Waals surface area contributed by atoms with Crippen LogP contribution in [0.5, 0.6) is 0 Å². The summed E-state index contributed by atoms with van der Waals surface area (Å²) in [7, 11) is 2.68. The average Bonchev–Trinajstić information content (AvgIpc) is 2.28. The molecule has 0 aliphatic heterocycles. The number of carbonyl (C=O) groups is 1. The molecule has 0 aromatic carbocycles. The first kappa shape index (κ1) is 16.9. The quantitative estimate of drug-likeness (QED) is 0.401. The molecule has 0 radical (unpaired) electrons. The van der Waals surface area contributed by atoms with Crippen molar-refractivity contribution >= 4 is 15.1 Å². The maximum atomic E-state index is 9.32. The average molecular weight is 234 g/mol. The van der Waals surface area contributed by atoms with Gasteiger partial charge in [-0.2, -0.15) is 0 Å². The zero-order valence-electron chi connectivity index (χ0n) is 10.3. The minimum absolute atomic E-state index is 0.750. The van der Waals surface area contributed by atoms with Crippen LogP contribution in [-0.4, -0.2) is 36.4 Å². The highest BCUT2D eigenvalue weighted by Crippen LogP contribution is 2.13. The number of hydrogen-bond donors (Lipinski definition) is 0. The van der Waals surface area contributed by atoms with E-state index < -0.39 is 8.80 Å². The van der Waals surface area contributed by atoms with E-state index in [1.54, 1.807) is 34.3 Å². The Hall–Kier alpha value is -0.493. The second kappa shape index (κ2) is 11.6.